The first-order valence-electron chi connectivity index (χ1n) is 4.29. The van der Waals surface area contributed by atoms with Crippen LogP contribution in [0.25, 0.3) is 10.9 Å². The number of benzene rings is 1. The van der Waals surface area contributed by atoms with Gasteiger partial charge in [0.1, 0.15) is 5.56 Å². The number of nitrogens with one attached hydrogen (secondary N) is 1. The van der Waals surface area contributed by atoms with Crippen LogP contribution >= 0.6 is 15.9 Å². The van der Waals surface area contributed by atoms with Crippen LogP contribution in [0, 0.1) is 0 Å². The molecule has 1 N–H and O–H groups in total. The molecule has 84 valence electrons. The molecule has 2 nitrogen and oxygen atoms in total. The number of aromatic nitrogens is 1. The van der Waals surface area contributed by atoms with Crippen molar-refractivity contribution in [3.8, 4) is 0 Å². The average molecular weight is 292 g/mol. The topological polar surface area (TPSA) is 32.9 Å². The van der Waals surface area contributed by atoms with Gasteiger partial charge in [-0.15, -0.1) is 0 Å². The highest BCUT2D eigenvalue weighted by molar-refractivity contribution is 9.10. The van der Waals surface area contributed by atoms with E-state index in [1.165, 1.54) is 6.07 Å². The second-order valence-electron chi connectivity index (χ2n) is 3.19. The molecule has 0 aliphatic rings. The number of hydrogen-bond donors (Lipinski definition) is 1. The van der Waals surface area contributed by atoms with Crippen LogP contribution in [0.3, 0.4) is 0 Å². The molecule has 0 saturated carbocycles. The summed E-state index contributed by atoms with van der Waals surface area (Å²) in [5.74, 6) is 0. The quantitative estimate of drug-likeness (QED) is 0.794. The summed E-state index contributed by atoms with van der Waals surface area (Å²) in [5.41, 5.74) is -1.98. The molecule has 2 aromatic rings. The highest BCUT2D eigenvalue weighted by atomic mass is 79.9. The summed E-state index contributed by atoms with van der Waals surface area (Å²) in [4.78, 5) is 13.5. The van der Waals surface area contributed by atoms with Gasteiger partial charge in [-0.3, -0.25) is 4.79 Å². The fraction of sp³-hybridized carbons (Fsp3) is 0.100. The Labute approximate surface area is 96.2 Å². The van der Waals surface area contributed by atoms with E-state index < -0.39 is 17.3 Å². The van der Waals surface area contributed by atoms with E-state index >= 15 is 0 Å². The molecule has 1 aromatic carbocycles. The monoisotopic (exact) mass is 291 g/mol. The van der Waals surface area contributed by atoms with Crippen LogP contribution in [0.15, 0.2) is 33.5 Å². The first-order chi connectivity index (χ1) is 7.41. The van der Waals surface area contributed by atoms with Crippen LogP contribution < -0.4 is 5.56 Å². The van der Waals surface area contributed by atoms with Gasteiger partial charge in [0.2, 0.25) is 0 Å². The van der Waals surface area contributed by atoms with Crippen LogP contribution in [-0.2, 0) is 6.18 Å². The molecule has 0 saturated heterocycles. The van der Waals surface area contributed by atoms with Crippen LogP contribution in [0.2, 0.25) is 0 Å². The summed E-state index contributed by atoms with van der Waals surface area (Å²) in [6.07, 6.45) is -4.67. The predicted molar refractivity (Wildman–Crippen MR) is 57.3 cm³/mol. The lowest BCUT2D eigenvalue weighted by atomic mass is 10.1. The van der Waals surface area contributed by atoms with Gasteiger partial charge in [0.05, 0.1) is 0 Å². The van der Waals surface area contributed by atoms with Gasteiger partial charge in [0.25, 0.3) is 5.56 Å². The fourth-order valence-corrected chi connectivity index (χ4v) is 2.21. The van der Waals surface area contributed by atoms with Crippen molar-refractivity contribution in [3.05, 3.63) is 44.7 Å². The van der Waals surface area contributed by atoms with Crippen molar-refractivity contribution in [1.82, 2.24) is 4.98 Å². The highest BCUT2D eigenvalue weighted by Gasteiger charge is 2.37. The summed E-state index contributed by atoms with van der Waals surface area (Å²) in [6, 6.07) is 6.29. The van der Waals surface area contributed by atoms with E-state index in [-0.39, 0.29) is 4.47 Å². The lowest BCUT2D eigenvalue weighted by Gasteiger charge is -2.09. The van der Waals surface area contributed by atoms with Gasteiger partial charge < -0.3 is 4.98 Å². The van der Waals surface area contributed by atoms with Crippen molar-refractivity contribution in [3.63, 3.8) is 0 Å². The number of fused-ring (bicyclic) bond motifs is 1. The van der Waals surface area contributed by atoms with Crippen LogP contribution in [0.1, 0.15) is 5.56 Å². The minimum absolute atomic E-state index is 0.223. The Balaban J connectivity index is 2.92. The summed E-state index contributed by atoms with van der Waals surface area (Å²) in [6.45, 7) is 0. The molecule has 0 radical (unpaired) electrons. The Morgan fingerprint density at radius 3 is 2.44 bits per heavy atom. The Bertz CT molecular complexity index is 603. The molecule has 16 heavy (non-hydrogen) atoms. The molecule has 0 bridgehead atoms. The highest BCUT2D eigenvalue weighted by Crippen LogP contribution is 2.35. The van der Waals surface area contributed by atoms with Crippen molar-refractivity contribution in [2.24, 2.45) is 0 Å². The van der Waals surface area contributed by atoms with Crippen molar-refractivity contribution in [1.29, 1.82) is 0 Å². The lowest BCUT2D eigenvalue weighted by Crippen LogP contribution is -2.22. The Hall–Kier alpha value is -1.30. The molecule has 0 aliphatic heterocycles. The van der Waals surface area contributed by atoms with Gasteiger partial charge in [0.15, 0.2) is 0 Å². The predicted octanol–water partition coefficient (Wildman–Crippen LogP) is 3.31. The zero-order chi connectivity index (χ0) is 11.9. The van der Waals surface area contributed by atoms with E-state index in [2.05, 4.69) is 20.9 Å². The first-order valence-corrected chi connectivity index (χ1v) is 5.08. The number of para-hydroxylation sites is 1. The fourth-order valence-electron chi connectivity index (χ4n) is 1.46. The molecule has 0 fully saturated rings. The van der Waals surface area contributed by atoms with E-state index in [9.17, 15) is 18.0 Å². The van der Waals surface area contributed by atoms with Gasteiger partial charge >= 0.3 is 6.18 Å². The number of hydrogen-bond acceptors (Lipinski definition) is 1. The van der Waals surface area contributed by atoms with Crippen LogP contribution in [0.5, 0.6) is 0 Å². The lowest BCUT2D eigenvalue weighted by molar-refractivity contribution is -0.139. The van der Waals surface area contributed by atoms with E-state index in [1.807, 2.05) is 0 Å². The van der Waals surface area contributed by atoms with Crippen LogP contribution in [-0.4, -0.2) is 4.98 Å². The molecule has 0 amide bonds. The number of pyridine rings is 1. The van der Waals surface area contributed by atoms with Gasteiger partial charge in [-0.2, -0.15) is 13.2 Å². The van der Waals surface area contributed by atoms with Gasteiger partial charge in [-0.1, -0.05) is 18.2 Å². The molecule has 2 rings (SSSR count). The molecule has 0 spiro atoms. The summed E-state index contributed by atoms with van der Waals surface area (Å²) in [5, 5.41) is 0.328. The molecule has 0 atom stereocenters. The Morgan fingerprint density at radius 1 is 1.19 bits per heavy atom. The number of alkyl halides is 3. The molecule has 1 heterocycles. The molecular weight excluding hydrogens is 287 g/mol. The van der Waals surface area contributed by atoms with Crippen LogP contribution in [0.4, 0.5) is 13.2 Å². The maximum Gasteiger partial charge on any atom is 0.422 e. The molecule has 1 aromatic heterocycles. The molecule has 0 unspecified atom stereocenters. The minimum atomic E-state index is -4.67. The van der Waals surface area contributed by atoms with Gasteiger partial charge in [-0.25, -0.2) is 0 Å². The molecule has 0 aliphatic carbocycles. The largest absolute Gasteiger partial charge is 0.422 e. The van der Waals surface area contributed by atoms with Crippen molar-refractivity contribution in [2.45, 2.75) is 6.18 Å². The third kappa shape index (κ3) is 1.73. The summed E-state index contributed by atoms with van der Waals surface area (Å²) in [7, 11) is 0. The second-order valence-corrected chi connectivity index (χ2v) is 3.98. The van der Waals surface area contributed by atoms with Crippen molar-refractivity contribution >= 4 is 26.8 Å². The zero-order valence-electron chi connectivity index (χ0n) is 7.73. The third-order valence-corrected chi connectivity index (χ3v) is 2.97. The number of aromatic amines is 1. The normalized spacial score (nSPS) is 12.0. The first kappa shape index (κ1) is 11.2. The Kier molecular flexibility index (Phi) is 2.53. The van der Waals surface area contributed by atoms with E-state index in [4.69, 9.17) is 0 Å². The SMILES string of the molecule is O=c1[nH]c2ccccc2c(Br)c1C(F)(F)F. The summed E-state index contributed by atoms with van der Waals surface area (Å²) < 4.78 is 37.5. The third-order valence-electron chi connectivity index (χ3n) is 2.14. The van der Waals surface area contributed by atoms with Crippen molar-refractivity contribution in [2.75, 3.05) is 0 Å². The number of halogens is 4. The van der Waals surface area contributed by atoms with Gasteiger partial charge in [0, 0.05) is 15.4 Å². The number of rotatable bonds is 0. The zero-order valence-corrected chi connectivity index (χ0v) is 9.32. The maximum atomic E-state index is 12.6. The van der Waals surface area contributed by atoms with Gasteiger partial charge in [-0.05, 0) is 22.0 Å². The maximum absolute atomic E-state index is 12.6. The smallest absolute Gasteiger partial charge is 0.321 e. The van der Waals surface area contributed by atoms with E-state index in [0.29, 0.717) is 10.9 Å². The average Bonchev–Trinajstić information content (AvgIpc) is 2.15. The van der Waals surface area contributed by atoms with Crippen molar-refractivity contribution < 1.29 is 13.2 Å². The minimum Gasteiger partial charge on any atom is -0.321 e. The molecule has 6 heteroatoms. The van der Waals surface area contributed by atoms with E-state index in [1.54, 1.807) is 18.2 Å². The Morgan fingerprint density at radius 2 is 1.81 bits per heavy atom. The standard InChI is InChI=1S/C10H5BrF3NO/c11-8-5-3-1-2-4-6(5)15-9(16)7(8)10(12,13)14/h1-4H,(H,15,16). The van der Waals surface area contributed by atoms with E-state index in [0.717, 1.165) is 0 Å². The molecular formula is C10H5BrF3NO. The number of H-pyrrole nitrogens is 1. The second kappa shape index (κ2) is 3.62. The summed E-state index contributed by atoms with van der Waals surface area (Å²) >= 11 is 2.83.